The molecule has 7 nitrogen and oxygen atoms in total. The van der Waals surface area contributed by atoms with Crippen molar-refractivity contribution in [2.45, 2.75) is 13.8 Å². The maximum atomic E-state index is 14.3. The highest BCUT2D eigenvalue weighted by molar-refractivity contribution is 6.12. The Morgan fingerprint density at radius 1 is 1.13 bits per heavy atom. The van der Waals surface area contributed by atoms with Gasteiger partial charge in [-0.2, -0.15) is 0 Å². The van der Waals surface area contributed by atoms with E-state index in [2.05, 4.69) is 15.3 Å². The Hall–Kier alpha value is -3.52. The molecule has 8 heteroatoms. The Bertz CT molecular complexity index is 1250. The number of benzene rings is 1. The molecule has 0 atom stereocenters. The van der Waals surface area contributed by atoms with Gasteiger partial charge in [0.25, 0.3) is 5.91 Å². The van der Waals surface area contributed by atoms with E-state index in [4.69, 9.17) is 9.47 Å². The normalized spacial score (nSPS) is 11.2. The molecule has 0 aliphatic heterocycles. The van der Waals surface area contributed by atoms with Gasteiger partial charge in [0.2, 0.25) is 5.88 Å². The van der Waals surface area contributed by atoms with E-state index in [1.54, 1.807) is 43.0 Å². The van der Waals surface area contributed by atoms with E-state index in [1.807, 2.05) is 19.1 Å². The number of aromatic nitrogens is 3. The molecule has 0 spiro atoms. The third-order valence-corrected chi connectivity index (χ3v) is 4.72. The van der Waals surface area contributed by atoms with Gasteiger partial charge in [0, 0.05) is 37.0 Å². The number of hydrogen-bond acceptors (Lipinski definition) is 5. The second kappa shape index (κ2) is 8.08. The van der Waals surface area contributed by atoms with Gasteiger partial charge in [-0.25, -0.2) is 14.4 Å². The first-order valence-corrected chi connectivity index (χ1v) is 9.44. The minimum absolute atomic E-state index is 0.214. The Balaban J connectivity index is 1.68. The molecule has 1 N–H and O–H groups in total. The lowest BCUT2D eigenvalue weighted by atomic mass is 10.0. The maximum Gasteiger partial charge on any atom is 0.257 e. The molecule has 154 valence electrons. The molecule has 0 saturated heterocycles. The highest BCUT2D eigenvalue weighted by Crippen LogP contribution is 2.25. The van der Waals surface area contributed by atoms with E-state index in [-0.39, 0.29) is 5.65 Å². The van der Waals surface area contributed by atoms with E-state index in [1.165, 1.54) is 6.07 Å². The van der Waals surface area contributed by atoms with Gasteiger partial charge >= 0.3 is 0 Å². The number of halogens is 1. The number of rotatable bonds is 6. The average Bonchev–Trinajstić information content (AvgIpc) is 3.09. The first-order valence-electron chi connectivity index (χ1n) is 9.44. The molecule has 0 aliphatic carbocycles. The number of carbonyl (C=O) groups is 1. The van der Waals surface area contributed by atoms with Crippen molar-refractivity contribution in [1.82, 2.24) is 14.4 Å². The monoisotopic (exact) mass is 408 g/mol. The fourth-order valence-corrected chi connectivity index (χ4v) is 3.28. The standard InChI is InChI=1S/C22H21FN4O3/c1-13-4-5-17(20-16(13)6-7-19(26-20)30-9-8-29-3)22(28)25-15-10-18(23)21-24-14(2)11-27(21)12-15/h4-7,10-12H,8-9H2,1-3H3,(H,25,28). The summed E-state index contributed by atoms with van der Waals surface area (Å²) in [6.45, 7) is 4.51. The number of aryl methyl sites for hydroxylation is 2. The van der Waals surface area contributed by atoms with Crippen molar-refractivity contribution in [3.05, 3.63) is 65.4 Å². The van der Waals surface area contributed by atoms with E-state index < -0.39 is 11.7 Å². The SMILES string of the molecule is COCCOc1ccc2c(C)ccc(C(=O)Nc3cc(F)c4nc(C)cn4c3)c2n1. The van der Waals surface area contributed by atoms with Gasteiger partial charge in [-0.15, -0.1) is 0 Å². The smallest absolute Gasteiger partial charge is 0.257 e. The molecule has 0 aliphatic rings. The lowest BCUT2D eigenvalue weighted by Gasteiger charge is -2.11. The first kappa shape index (κ1) is 19.8. The van der Waals surface area contributed by atoms with Gasteiger partial charge in [0.05, 0.1) is 29.1 Å². The number of nitrogens with one attached hydrogen (secondary N) is 1. The van der Waals surface area contributed by atoms with Crippen LogP contribution in [0.3, 0.4) is 0 Å². The second-order valence-electron chi connectivity index (χ2n) is 6.96. The topological polar surface area (TPSA) is 77.8 Å². The summed E-state index contributed by atoms with van der Waals surface area (Å²) in [4.78, 5) is 21.6. The molecule has 0 radical (unpaired) electrons. The number of pyridine rings is 2. The summed E-state index contributed by atoms with van der Waals surface area (Å²) < 4.78 is 26.5. The van der Waals surface area contributed by atoms with Crippen molar-refractivity contribution in [1.29, 1.82) is 0 Å². The van der Waals surface area contributed by atoms with Crippen molar-refractivity contribution in [2.75, 3.05) is 25.6 Å². The number of anilines is 1. The van der Waals surface area contributed by atoms with Crippen LogP contribution in [0, 0.1) is 19.7 Å². The second-order valence-corrected chi connectivity index (χ2v) is 6.96. The molecular weight excluding hydrogens is 387 g/mol. The molecule has 4 rings (SSSR count). The average molecular weight is 408 g/mol. The number of hydrogen-bond donors (Lipinski definition) is 1. The van der Waals surface area contributed by atoms with Crippen molar-refractivity contribution in [3.63, 3.8) is 0 Å². The predicted molar refractivity (Wildman–Crippen MR) is 112 cm³/mol. The van der Waals surface area contributed by atoms with Gasteiger partial charge in [0.15, 0.2) is 11.5 Å². The fourth-order valence-electron chi connectivity index (χ4n) is 3.28. The van der Waals surface area contributed by atoms with Gasteiger partial charge in [-0.3, -0.25) is 4.79 Å². The van der Waals surface area contributed by atoms with Crippen LogP contribution in [0.1, 0.15) is 21.6 Å². The van der Waals surface area contributed by atoms with Crippen LogP contribution in [0.4, 0.5) is 10.1 Å². The van der Waals surface area contributed by atoms with Gasteiger partial charge in [-0.1, -0.05) is 6.07 Å². The van der Waals surface area contributed by atoms with Crippen LogP contribution in [0.5, 0.6) is 5.88 Å². The molecule has 0 fully saturated rings. The van der Waals surface area contributed by atoms with Crippen LogP contribution < -0.4 is 10.1 Å². The Morgan fingerprint density at radius 3 is 2.77 bits per heavy atom. The summed E-state index contributed by atoms with van der Waals surface area (Å²) >= 11 is 0. The summed E-state index contributed by atoms with van der Waals surface area (Å²) in [5.41, 5.74) is 3.10. The summed E-state index contributed by atoms with van der Waals surface area (Å²) in [5.74, 6) is -0.501. The summed E-state index contributed by atoms with van der Waals surface area (Å²) in [5, 5.41) is 3.60. The minimum Gasteiger partial charge on any atom is -0.475 e. The largest absolute Gasteiger partial charge is 0.475 e. The number of ether oxygens (including phenoxy) is 2. The number of methoxy groups -OCH3 is 1. The predicted octanol–water partition coefficient (Wildman–Crippen LogP) is 3.92. The number of amides is 1. The molecule has 1 aromatic carbocycles. The van der Waals surface area contributed by atoms with E-state index >= 15 is 0 Å². The summed E-state index contributed by atoms with van der Waals surface area (Å²) in [6.07, 6.45) is 3.32. The zero-order chi connectivity index (χ0) is 21.3. The molecule has 3 aromatic heterocycles. The Kier molecular flexibility index (Phi) is 5.33. The van der Waals surface area contributed by atoms with Crippen LogP contribution in [0.15, 0.2) is 42.7 Å². The van der Waals surface area contributed by atoms with E-state index in [0.717, 1.165) is 10.9 Å². The molecule has 0 bridgehead atoms. The molecule has 3 heterocycles. The number of fused-ring (bicyclic) bond motifs is 2. The molecule has 30 heavy (non-hydrogen) atoms. The summed E-state index contributed by atoms with van der Waals surface area (Å²) in [6, 6.07) is 8.44. The van der Waals surface area contributed by atoms with Crippen molar-refractivity contribution < 1.29 is 18.7 Å². The summed E-state index contributed by atoms with van der Waals surface area (Å²) in [7, 11) is 1.59. The highest BCUT2D eigenvalue weighted by atomic mass is 19.1. The maximum absolute atomic E-state index is 14.3. The van der Waals surface area contributed by atoms with Crippen molar-refractivity contribution >= 4 is 28.1 Å². The van der Waals surface area contributed by atoms with Gasteiger partial charge < -0.3 is 19.2 Å². The zero-order valence-electron chi connectivity index (χ0n) is 16.9. The fraction of sp³-hybridized carbons (Fsp3) is 0.227. The van der Waals surface area contributed by atoms with E-state index in [9.17, 15) is 9.18 Å². The number of imidazole rings is 1. The van der Waals surface area contributed by atoms with Crippen LogP contribution in [-0.4, -0.2) is 40.6 Å². The van der Waals surface area contributed by atoms with Crippen LogP contribution in [0.2, 0.25) is 0 Å². The molecule has 4 aromatic rings. The Labute approximate surface area is 172 Å². The first-order chi connectivity index (χ1) is 14.5. The minimum atomic E-state index is -0.512. The van der Waals surface area contributed by atoms with Crippen LogP contribution in [0.25, 0.3) is 16.6 Å². The van der Waals surface area contributed by atoms with Crippen molar-refractivity contribution in [2.24, 2.45) is 0 Å². The quantitative estimate of drug-likeness (QED) is 0.490. The van der Waals surface area contributed by atoms with Crippen LogP contribution in [-0.2, 0) is 4.74 Å². The third kappa shape index (κ3) is 3.81. The third-order valence-electron chi connectivity index (χ3n) is 4.72. The van der Waals surface area contributed by atoms with Crippen molar-refractivity contribution in [3.8, 4) is 5.88 Å². The van der Waals surface area contributed by atoms with Gasteiger partial charge in [0.1, 0.15) is 6.61 Å². The number of nitrogens with zero attached hydrogens (tertiary/aromatic N) is 3. The molecule has 0 saturated carbocycles. The zero-order valence-corrected chi connectivity index (χ0v) is 16.9. The van der Waals surface area contributed by atoms with Gasteiger partial charge in [-0.05, 0) is 31.5 Å². The lowest BCUT2D eigenvalue weighted by Crippen LogP contribution is -2.14. The van der Waals surface area contributed by atoms with E-state index in [0.29, 0.717) is 41.6 Å². The highest BCUT2D eigenvalue weighted by Gasteiger charge is 2.16. The number of carbonyl (C=O) groups excluding carboxylic acids is 1. The molecule has 0 unspecified atom stereocenters. The molecule has 1 amide bonds. The Morgan fingerprint density at radius 2 is 1.97 bits per heavy atom. The lowest BCUT2D eigenvalue weighted by molar-refractivity contribution is 0.102. The van der Waals surface area contributed by atoms with Crippen LogP contribution >= 0.6 is 0 Å². The molecular formula is C22H21FN4O3.